The van der Waals surface area contributed by atoms with Crippen LogP contribution in [0.3, 0.4) is 0 Å². The predicted molar refractivity (Wildman–Crippen MR) is 115 cm³/mol. The molecule has 3 rings (SSSR count). The minimum atomic E-state index is -0.0594. The number of anilines is 1. The average Bonchev–Trinajstić information content (AvgIpc) is 2.75. The number of aryl methyl sites for hydroxylation is 1. The number of amides is 2. The normalized spacial score (nSPS) is 18.4. The predicted octanol–water partition coefficient (Wildman–Crippen LogP) is 1.43. The van der Waals surface area contributed by atoms with E-state index in [1.807, 2.05) is 31.2 Å². The zero-order valence-electron chi connectivity index (χ0n) is 17.8. The fourth-order valence-electron chi connectivity index (χ4n) is 3.76. The second-order valence-corrected chi connectivity index (χ2v) is 7.60. The van der Waals surface area contributed by atoms with Gasteiger partial charge in [0.25, 0.3) is 11.8 Å². The van der Waals surface area contributed by atoms with Gasteiger partial charge in [0.2, 0.25) is 0 Å². The molecule has 1 heterocycles. The molecule has 160 valence electrons. The molecule has 2 amide bonds. The Balaban J connectivity index is 1.47. The summed E-state index contributed by atoms with van der Waals surface area (Å²) in [6.45, 7) is 4.00. The van der Waals surface area contributed by atoms with Gasteiger partial charge >= 0.3 is 0 Å². The van der Waals surface area contributed by atoms with Crippen molar-refractivity contribution in [3.63, 3.8) is 0 Å². The molecule has 30 heavy (non-hydrogen) atoms. The van der Waals surface area contributed by atoms with Crippen LogP contribution in [0.25, 0.3) is 0 Å². The van der Waals surface area contributed by atoms with E-state index in [1.54, 1.807) is 32.4 Å². The van der Waals surface area contributed by atoms with Crippen LogP contribution < -0.4 is 25.0 Å². The van der Waals surface area contributed by atoms with Gasteiger partial charge in [0.1, 0.15) is 11.5 Å². The number of carbonyl (C=O) groups excluding carboxylic acids is 2. The van der Waals surface area contributed by atoms with Crippen LogP contribution in [0.5, 0.6) is 11.5 Å². The van der Waals surface area contributed by atoms with E-state index in [-0.39, 0.29) is 17.9 Å². The van der Waals surface area contributed by atoms with E-state index in [0.29, 0.717) is 23.7 Å². The van der Waals surface area contributed by atoms with Crippen molar-refractivity contribution in [2.24, 2.45) is 0 Å². The molecule has 0 aliphatic carbocycles. The van der Waals surface area contributed by atoms with E-state index in [9.17, 15) is 9.59 Å². The first-order valence-electron chi connectivity index (χ1n) is 10.2. The zero-order chi connectivity index (χ0) is 21.5. The third-order valence-corrected chi connectivity index (χ3v) is 5.51. The van der Waals surface area contributed by atoms with E-state index in [2.05, 4.69) is 10.6 Å². The Morgan fingerprint density at radius 2 is 1.80 bits per heavy atom. The molecule has 1 fully saturated rings. The molecule has 0 spiro atoms. The number of methoxy groups -OCH3 is 2. The lowest BCUT2D eigenvalue weighted by Crippen LogP contribution is -3.14. The lowest BCUT2D eigenvalue weighted by atomic mass is 10.0. The van der Waals surface area contributed by atoms with Crippen LogP contribution in [-0.2, 0) is 4.79 Å². The molecule has 0 bridgehead atoms. The Bertz CT molecular complexity index is 892. The van der Waals surface area contributed by atoms with Crippen molar-refractivity contribution < 1.29 is 24.0 Å². The number of carbonyl (C=O) groups is 2. The van der Waals surface area contributed by atoms with Gasteiger partial charge < -0.3 is 25.0 Å². The molecule has 0 radical (unpaired) electrons. The fraction of sp³-hybridized carbons (Fsp3) is 0.391. The Morgan fingerprint density at radius 3 is 2.47 bits per heavy atom. The molecule has 2 aromatic carbocycles. The van der Waals surface area contributed by atoms with Crippen molar-refractivity contribution in [1.29, 1.82) is 0 Å². The highest BCUT2D eigenvalue weighted by Crippen LogP contribution is 2.28. The first-order chi connectivity index (χ1) is 14.5. The maximum atomic E-state index is 12.5. The summed E-state index contributed by atoms with van der Waals surface area (Å²) in [5.74, 6) is 1.15. The summed E-state index contributed by atoms with van der Waals surface area (Å²) in [7, 11) is 3.15. The number of rotatable bonds is 7. The maximum Gasteiger partial charge on any atom is 0.279 e. The topological polar surface area (TPSA) is 81.1 Å². The van der Waals surface area contributed by atoms with Crippen molar-refractivity contribution in [3.05, 3.63) is 53.6 Å². The van der Waals surface area contributed by atoms with Crippen molar-refractivity contribution in [2.45, 2.75) is 25.8 Å². The molecule has 1 aliphatic heterocycles. The van der Waals surface area contributed by atoms with Crippen LogP contribution in [0.4, 0.5) is 5.69 Å². The molecular formula is C23H30N3O4+. The number of likely N-dealkylation sites (tertiary alicyclic amines) is 1. The summed E-state index contributed by atoms with van der Waals surface area (Å²) in [5.41, 5.74) is 2.33. The Labute approximate surface area is 177 Å². The van der Waals surface area contributed by atoms with E-state index in [0.717, 1.165) is 37.1 Å². The first-order valence-corrected chi connectivity index (χ1v) is 10.2. The zero-order valence-corrected chi connectivity index (χ0v) is 17.8. The van der Waals surface area contributed by atoms with Gasteiger partial charge in [-0.2, -0.15) is 0 Å². The Hall–Kier alpha value is -3.06. The van der Waals surface area contributed by atoms with Crippen LogP contribution in [0.1, 0.15) is 28.8 Å². The lowest BCUT2D eigenvalue weighted by Gasteiger charge is -2.29. The minimum absolute atomic E-state index is 0.0223. The number of piperidine rings is 1. The molecule has 7 nitrogen and oxygen atoms in total. The number of ether oxygens (including phenoxy) is 2. The molecule has 7 heteroatoms. The van der Waals surface area contributed by atoms with Gasteiger partial charge in [-0.15, -0.1) is 0 Å². The highest BCUT2D eigenvalue weighted by Gasteiger charge is 2.26. The summed E-state index contributed by atoms with van der Waals surface area (Å²) in [6.07, 6.45) is 1.71. The van der Waals surface area contributed by atoms with Gasteiger partial charge in [-0.05, 0) is 30.7 Å². The van der Waals surface area contributed by atoms with Crippen molar-refractivity contribution in [1.82, 2.24) is 5.32 Å². The van der Waals surface area contributed by atoms with E-state index in [1.165, 1.54) is 4.90 Å². The van der Waals surface area contributed by atoms with E-state index >= 15 is 0 Å². The first kappa shape index (κ1) is 21.6. The Kier molecular flexibility index (Phi) is 7.30. The van der Waals surface area contributed by atoms with Gasteiger partial charge in [0.05, 0.1) is 33.0 Å². The lowest BCUT2D eigenvalue weighted by molar-refractivity contribution is -0.897. The number of hydrogen-bond acceptors (Lipinski definition) is 4. The van der Waals surface area contributed by atoms with Crippen LogP contribution in [0.2, 0.25) is 0 Å². The second-order valence-electron chi connectivity index (χ2n) is 7.60. The molecule has 2 aromatic rings. The summed E-state index contributed by atoms with van der Waals surface area (Å²) in [5, 5.41) is 6.06. The number of hydrogen-bond donors (Lipinski definition) is 3. The summed E-state index contributed by atoms with van der Waals surface area (Å²) < 4.78 is 10.5. The molecule has 0 aromatic heterocycles. The second kappa shape index (κ2) is 10.1. The van der Waals surface area contributed by atoms with Crippen LogP contribution in [-0.4, -0.2) is 51.7 Å². The van der Waals surface area contributed by atoms with Gasteiger partial charge in [0.15, 0.2) is 6.54 Å². The molecular weight excluding hydrogens is 382 g/mol. The number of benzene rings is 2. The van der Waals surface area contributed by atoms with Crippen LogP contribution in [0, 0.1) is 6.92 Å². The van der Waals surface area contributed by atoms with Gasteiger partial charge in [0, 0.05) is 30.5 Å². The smallest absolute Gasteiger partial charge is 0.279 e. The molecule has 3 N–H and O–H groups in total. The molecule has 1 aliphatic rings. The number of quaternary nitrogens is 1. The minimum Gasteiger partial charge on any atom is -0.497 e. The quantitative estimate of drug-likeness (QED) is 0.643. The summed E-state index contributed by atoms with van der Waals surface area (Å²) in [6, 6.07) is 13.1. The largest absolute Gasteiger partial charge is 0.497 e. The maximum absolute atomic E-state index is 12.5. The van der Waals surface area contributed by atoms with Gasteiger partial charge in [-0.1, -0.05) is 18.2 Å². The molecule has 0 atom stereocenters. The summed E-state index contributed by atoms with van der Waals surface area (Å²) >= 11 is 0. The van der Waals surface area contributed by atoms with Crippen LogP contribution >= 0.6 is 0 Å². The van der Waals surface area contributed by atoms with E-state index < -0.39 is 0 Å². The summed E-state index contributed by atoms with van der Waals surface area (Å²) in [4.78, 5) is 26.2. The average molecular weight is 413 g/mol. The molecule has 0 unspecified atom stereocenters. The highest BCUT2D eigenvalue weighted by atomic mass is 16.5. The fourth-order valence-corrected chi connectivity index (χ4v) is 3.76. The third-order valence-electron chi connectivity index (χ3n) is 5.51. The molecule has 1 saturated heterocycles. The van der Waals surface area contributed by atoms with E-state index in [4.69, 9.17) is 9.47 Å². The molecule has 0 saturated carbocycles. The van der Waals surface area contributed by atoms with Crippen molar-refractivity contribution in [2.75, 3.05) is 39.2 Å². The SMILES string of the molecule is COc1ccc(NC(=O)C[NH+]2CCC(NC(=O)c3ccccc3C)CC2)c(OC)c1. The monoisotopic (exact) mass is 412 g/mol. The van der Waals surface area contributed by atoms with Crippen molar-refractivity contribution in [3.8, 4) is 11.5 Å². The highest BCUT2D eigenvalue weighted by molar-refractivity contribution is 5.95. The third kappa shape index (κ3) is 5.51. The number of nitrogens with one attached hydrogen (secondary N) is 3. The standard InChI is InChI=1S/C23H29N3O4/c1-16-6-4-5-7-19(16)23(28)24-17-10-12-26(13-11-17)15-22(27)25-20-9-8-18(29-2)14-21(20)30-3/h4-9,14,17H,10-13,15H2,1-3H3,(H,24,28)(H,25,27)/p+1. The van der Waals surface area contributed by atoms with Gasteiger partial charge in [-0.3, -0.25) is 9.59 Å². The van der Waals surface area contributed by atoms with Crippen LogP contribution in [0.15, 0.2) is 42.5 Å². The van der Waals surface area contributed by atoms with Gasteiger partial charge in [-0.25, -0.2) is 0 Å². The van der Waals surface area contributed by atoms with Crippen molar-refractivity contribution >= 4 is 17.5 Å². The Morgan fingerprint density at radius 1 is 1.07 bits per heavy atom.